The topological polar surface area (TPSA) is 76.0 Å². The van der Waals surface area contributed by atoms with Gasteiger partial charge in [-0.2, -0.15) is 0 Å². The van der Waals surface area contributed by atoms with Gasteiger partial charge in [0.2, 0.25) is 0 Å². The molecule has 0 bridgehead atoms. The number of Topliss-reactive ketones (excluding diaryl/α,β-unsaturated/α-hetero) is 1. The molecule has 2 saturated carbocycles. The second-order valence-corrected chi connectivity index (χ2v) is 24.0. The zero-order valence-corrected chi connectivity index (χ0v) is 48.4. The van der Waals surface area contributed by atoms with Gasteiger partial charge in [0.25, 0.3) is 0 Å². The maximum atomic E-state index is 11.6. The Kier molecular flexibility index (Phi) is 18.4. The summed E-state index contributed by atoms with van der Waals surface area (Å²) in [4.78, 5) is 11.6. The van der Waals surface area contributed by atoms with Gasteiger partial charge in [0.05, 0.1) is 22.4 Å². The molecule has 75 heavy (non-hydrogen) atoms. The van der Waals surface area contributed by atoms with E-state index in [4.69, 9.17) is 9.31 Å². The van der Waals surface area contributed by atoms with Crippen molar-refractivity contribution in [2.45, 2.75) is 220 Å². The van der Waals surface area contributed by atoms with Crippen LogP contribution in [0.2, 0.25) is 0 Å². The third-order valence-electron chi connectivity index (χ3n) is 18.4. The van der Waals surface area contributed by atoms with Gasteiger partial charge in [0.1, 0.15) is 5.78 Å². The summed E-state index contributed by atoms with van der Waals surface area (Å²) in [7, 11) is -0.344. The summed E-state index contributed by atoms with van der Waals surface area (Å²) >= 11 is 0. The van der Waals surface area contributed by atoms with Crippen LogP contribution in [0, 0.1) is 27.7 Å². The molecule has 2 aliphatic carbocycles. The first-order valence-electron chi connectivity index (χ1n) is 28.8. The Morgan fingerprint density at radius 3 is 1.36 bits per heavy atom. The molecule has 400 valence electrons. The van der Waals surface area contributed by atoms with E-state index < -0.39 is 11.2 Å². The Labute approximate surface area is 453 Å². The number of hydrogen-bond acceptors (Lipinski definition) is 5. The van der Waals surface area contributed by atoms with Gasteiger partial charge >= 0.3 is 7.12 Å². The molecule has 0 atom stereocenters. The number of aryl methyl sites for hydroxylation is 4. The monoisotopic (exact) mass is 1010 g/mol. The highest BCUT2D eigenvalue weighted by Crippen LogP contribution is 2.44. The molecule has 1 aliphatic heterocycles. The molecular weight excluding hydrogens is 920 g/mol. The summed E-state index contributed by atoms with van der Waals surface area (Å²) in [5.41, 5.74) is 15.2. The van der Waals surface area contributed by atoms with Crippen LogP contribution in [0.5, 0.6) is 0 Å². The highest BCUT2D eigenvalue weighted by atomic mass is 16.7. The van der Waals surface area contributed by atoms with Crippen molar-refractivity contribution < 1.29 is 24.3 Å². The summed E-state index contributed by atoms with van der Waals surface area (Å²) in [5.74, 6) is 0.187. The number of carbonyl (C=O) groups is 1. The maximum absolute atomic E-state index is 11.6. The van der Waals surface area contributed by atoms with Gasteiger partial charge < -0.3 is 19.5 Å². The van der Waals surface area contributed by atoms with Crippen LogP contribution in [-0.2, 0) is 31.4 Å². The first kappa shape index (κ1) is 57.9. The van der Waals surface area contributed by atoms with Gasteiger partial charge in [0.15, 0.2) is 0 Å². The molecule has 1 heterocycles. The predicted octanol–water partition coefficient (Wildman–Crippen LogP) is 16.3. The minimum absolute atomic E-state index is 0.0612. The summed E-state index contributed by atoms with van der Waals surface area (Å²) in [6.45, 7) is 28.0. The zero-order chi connectivity index (χ0) is 54.4. The van der Waals surface area contributed by atoms with E-state index in [1.165, 1.54) is 74.0 Å². The second-order valence-electron chi connectivity index (χ2n) is 24.0. The van der Waals surface area contributed by atoms with Crippen molar-refractivity contribution in [1.82, 2.24) is 0 Å². The fourth-order valence-electron chi connectivity index (χ4n) is 12.6. The highest BCUT2D eigenvalue weighted by molar-refractivity contribution is 6.62. The van der Waals surface area contributed by atoms with Crippen LogP contribution < -0.4 is 5.46 Å². The van der Waals surface area contributed by atoms with Gasteiger partial charge in [-0.1, -0.05) is 193 Å². The van der Waals surface area contributed by atoms with Crippen molar-refractivity contribution in [1.29, 1.82) is 0 Å². The fraction of sp³-hybridized carbons (Fsp3) is 0.493. The van der Waals surface area contributed by atoms with E-state index >= 15 is 0 Å². The predicted molar refractivity (Wildman–Crippen MR) is 317 cm³/mol. The lowest BCUT2D eigenvalue weighted by Crippen LogP contribution is -2.41. The molecular formula is C69H91BO5. The van der Waals surface area contributed by atoms with E-state index in [0.29, 0.717) is 6.42 Å². The molecule has 2 N–H and O–H groups in total. The van der Waals surface area contributed by atoms with Gasteiger partial charge in [0, 0.05) is 17.3 Å². The first-order chi connectivity index (χ1) is 35.6. The zero-order valence-electron chi connectivity index (χ0n) is 48.4. The van der Waals surface area contributed by atoms with Crippen molar-refractivity contribution in [3.63, 3.8) is 0 Å². The van der Waals surface area contributed by atoms with Gasteiger partial charge in [-0.15, -0.1) is 0 Å². The second kappa shape index (κ2) is 23.8. The fourth-order valence-corrected chi connectivity index (χ4v) is 12.6. The van der Waals surface area contributed by atoms with Crippen molar-refractivity contribution in [3.8, 4) is 11.1 Å². The normalized spacial score (nSPS) is 18.3. The Balaban J connectivity index is 0.000000219. The van der Waals surface area contributed by atoms with E-state index in [9.17, 15) is 15.0 Å². The number of ketones is 1. The first-order valence-corrected chi connectivity index (χ1v) is 28.8. The van der Waals surface area contributed by atoms with Crippen LogP contribution in [0.4, 0.5) is 0 Å². The minimum Gasteiger partial charge on any atom is -0.399 e. The standard InChI is InChI=1S/C36H44O2.C33H47BO3/c1-6-36(7-2,32-15-14-30(26(3)22-32)18-21-35(38)19-9-8-10-20-35)33-16-17-34(27(4)23-33)31-13-11-12-29(25-31)24-28(5)37;1-9-33(10-2,27-15-14-26(24(3)22-27)18-21-32(35)19-12-11-13-20-32)28-16-17-29(25(4)23-28)34-36-30(5,6)31(7,8)37-34/h11-18,21-23,25,38H,6-10,19-20,24H2,1-5H3;14-18,21-23,35H,9-13,19-20H2,1-8H3/b2*21-18+. The molecule has 0 amide bonds. The molecule has 0 unspecified atom stereocenters. The molecule has 6 heteroatoms. The van der Waals surface area contributed by atoms with E-state index in [1.807, 2.05) is 18.2 Å². The lowest BCUT2D eigenvalue weighted by atomic mass is 9.68. The van der Waals surface area contributed by atoms with Crippen LogP contribution in [0.15, 0.2) is 109 Å². The molecule has 1 saturated heterocycles. The van der Waals surface area contributed by atoms with Gasteiger partial charge in [-0.25, -0.2) is 0 Å². The van der Waals surface area contributed by atoms with E-state index in [2.05, 4.69) is 186 Å². The number of carbonyl (C=O) groups excluding carboxylic acids is 1. The van der Waals surface area contributed by atoms with Crippen LogP contribution >= 0.6 is 0 Å². The smallest absolute Gasteiger partial charge is 0.399 e. The largest absolute Gasteiger partial charge is 0.495 e. The number of rotatable bonds is 16. The Morgan fingerprint density at radius 1 is 0.547 bits per heavy atom. The average Bonchev–Trinajstić information content (AvgIpc) is 3.60. The summed E-state index contributed by atoms with van der Waals surface area (Å²) in [6.07, 6.45) is 23.3. The SMILES string of the molecule is CCC(CC)(c1ccc(/C=C/C2(O)CCCCC2)c(C)c1)c1ccc(-c2cccc(CC(C)=O)c2)c(C)c1.CCC(CC)(c1ccc(/C=C/C2(O)CCCCC2)c(C)c1)c1ccc(B2OC(C)(C)C(C)(C)O2)c(C)c1. The maximum Gasteiger partial charge on any atom is 0.495 e. The third kappa shape index (κ3) is 12.8. The summed E-state index contributed by atoms with van der Waals surface area (Å²) in [6, 6.07) is 35.9. The average molecular weight is 1010 g/mol. The molecule has 3 fully saturated rings. The number of hydrogen-bond donors (Lipinski definition) is 2. The van der Waals surface area contributed by atoms with Crippen molar-refractivity contribution >= 4 is 30.5 Å². The van der Waals surface area contributed by atoms with Crippen LogP contribution in [0.1, 0.15) is 213 Å². The van der Waals surface area contributed by atoms with Crippen molar-refractivity contribution in [3.05, 3.63) is 170 Å². The summed E-state index contributed by atoms with van der Waals surface area (Å²) in [5, 5.41) is 21.8. The Bertz CT molecular complexity index is 2810. The molecule has 5 aromatic rings. The quantitative estimate of drug-likeness (QED) is 0.0963. The van der Waals surface area contributed by atoms with E-state index in [0.717, 1.165) is 93.6 Å². The molecule has 5 nitrogen and oxygen atoms in total. The van der Waals surface area contributed by atoms with E-state index in [1.54, 1.807) is 6.92 Å². The highest BCUT2D eigenvalue weighted by Gasteiger charge is 2.52. The number of aliphatic hydroxyl groups is 2. The molecule has 3 aliphatic rings. The van der Waals surface area contributed by atoms with E-state index in [-0.39, 0.29) is 34.9 Å². The summed E-state index contributed by atoms with van der Waals surface area (Å²) < 4.78 is 12.7. The van der Waals surface area contributed by atoms with Crippen molar-refractivity contribution in [2.75, 3.05) is 0 Å². The molecule has 8 rings (SSSR count). The van der Waals surface area contributed by atoms with Crippen LogP contribution in [-0.4, -0.2) is 45.5 Å². The molecule has 5 aromatic carbocycles. The Morgan fingerprint density at radius 2 is 0.960 bits per heavy atom. The van der Waals surface area contributed by atoms with Crippen LogP contribution in [0.3, 0.4) is 0 Å². The van der Waals surface area contributed by atoms with Crippen molar-refractivity contribution in [2.24, 2.45) is 0 Å². The number of benzene rings is 5. The van der Waals surface area contributed by atoms with Gasteiger partial charge in [-0.05, 0) is 186 Å². The van der Waals surface area contributed by atoms with Gasteiger partial charge in [-0.3, -0.25) is 4.79 Å². The Hall–Kier alpha value is -4.85. The molecule has 0 radical (unpaired) electrons. The molecule has 0 aromatic heterocycles. The van der Waals surface area contributed by atoms with Crippen LogP contribution in [0.25, 0.3) is 23.3 Å². The lowest BCUT2D eigenvalue weighted by molar-refractivity contribution is -0.116. The minimum atomic E-state index is -0.648. The molecule has 0 spiro atoms. The lowest BCUT2D eigenvalue weighted by Gasteiger charge is -2.34. The third-order valence-corrected chi connectivity index (χ3v) is 18.4.